The van der Waals surface area contributed by atoms with Crippen LogP contribution in [-0.2, 0) is 7.05 Å². The molecule has 1 heterocycles. The number of aromatic hydroxyl groups is 1. The van der Waals surface area contributed by atoms with E-state index >= 15 is 0 Å². The highest BCUT2D eigenvalue weighted by molar-refractivity contribution is 9.10. The van der Waals surface area contributed by atoms with Crippen LogP contribution in [0.3, 0.4) is 0 Å². The molecule has 0 fully saturated rings. The molecule has 2 N–H and O–H groups in total. The summed E-state index contributed by atoms with van der Waals surface area (Å²) in [4.78, 5) is 11.9. The molecular formula is C13H13BrN4O3. The molecule has 110 valence electrons. The molecule has 0 bridgehead atoms. The molecule has 0 radical (unpaired) electrons. The van der Waals surface area contributed by atoms with Crippen LogP contribution in [-0.4, -0.2) is 34.1 Å². The van der Waals surface area contributed by atoms with Gasteiger partial charge in [0.2, 0.25) is 0 Å². The van der Waals surface area contributed by atoms with Gasteiger partial charge in [-0.05, 0) is 28.1 Å². The van der Waals surface area contributed by atoms with Gasteiger partial charge in [0, 0.05) is 18.8 Å². The number of nitrogens with zero attached hydrogens (tertiary/aromatic N) is 3. The fourth-order valence-corrected chi connectivity index (χ4v) is 2.19. The van der Waals surface area contributed by atoms with E-state index in [4.69, 9.17) is 4.74 Å². The molecule has 1 aromatic heterocycles. The molecule has 0 aliphatic heterocycles. The first-order valence-electron chi connectivity index (χ1n) is 5.91. The third-order valence-electron chi connectivity index (χ3n) is 2.62. The van der Waals surface area contributed by atoms with E-state index in [1.807, 2.05) is 0 Å². The Morgan fingerprint density at radius 3 is 2.95 bits per heavy atom. The van der Waals surface area contributed by atoms with Gasteiger partial charge in [-0.1, -0.05) is 6.07 Å². The van der Waals surface area contributed by atoms with Crippen LogP contribution in [0.25, 0.3) is 0 Å². The summed E-state index contributed by atoms with van der Waals surface area (Å²) < 4.78 is 7.06. The number of ether oxygens (including phenoxy) is 1. The monoisotopic (exact) mass is 352 g/mol. The molecule has 0 unspecified atom stereocenters. The minimum Gasteiger partial charge on any atom is -0.504 e. The summed E-state index contributed by atoms with van der Waals surface area (Å²) in [6.45, 7) is 0. The number of benzene rings is 1. The van der Waals surface area contributed by atoms with E-state index < -0.39 is 5.91 Å². The lowest BCUT2D eigenvalue weighted by atomic mass is 10.2. The number of phenols is 1. The molecule has 2 aromatic rings. The van der Waals surface area contributed by atoms with Crippen LogP contribution in [0, 0.1) is 0 Å². The standard InChI is InChI=1S/C13H13BrN4O3/c1-18-7-9(14)11(17-18)13(20)16-15-6-8-4-3-5-10(21-2)12(8)19/h3-7,19H,1-2H3,(H,16,20)/b15-6+. The maximum absolute atomic E-state index is 11.9. The maximum Gasteiger partial charge on any atom is 0.293 e. The molecule has 0 aliphatic rings. The van der Waals surface area contributed by atoms with E-state index in [0.29, 0.717) is 15.8 Å². The first-order chi connectivity index (χ1) is 10.0. The van der Waals surface area contributed by atoms with Gasteiger partial charge in [-0.25, -0.2) is 5.43 Å². The van der Waals surface area contributed by atoms with E-state index in [1.54, 1.807) is 31.4 Å². The SMILES string of the molecule is COc1cccc(/C=N/NC(=O)c2nn(C)cc2Br)c1O. The van der Waals surface area contributed by atoms with Crippen LogP contribution >= 0.6 is 15.9 Å². The molecule has 7 nitrogen and oxygen atoms in total. The van der Waals surface area contributed by atoms with Crippen molar-refractivity contribution in [2.45, 2.75) is 0 Å². The number of para-hydroxylation sites is 1. The van der Waals surface area contributed by atoms with Gasteiger partial charge in [0.05, 0.1) is 17.8 Å². The Hall–Kier alpha value is -2.35. The first kappa shape index (κ1) is 15.0. The molecule has 1 aromatic carbocycles. The molecule has 0 saturated heterocycles. The van der Waals surface area contributed by atoms with Gasteiger partial charge >= 0.3 is 0 Å². The zero-order valence-electron chi connectivity index (χ0n) is 11.4. The van der Waals surface area contributed by atoms with Crippen LogP contribution in [0.5, 0.6) is 11.5 Å². The van der Waals surface area contributed by atoms with Crippen molar-refractivity contribution in [3.63, 3.8) is 0 Å². The number of phenolic OH excluding ortho intramolecular Hbond substituents is 1. The van der Waals surface area contributed by atoms with Crippen molar-refractivity contribution in [1.82, 2.24) is 15.2 Å². The summed E-state index contributed by atoms with van der Waals surface area (Å²) in [5, 5.41) is 17.7. The van der Waals surface area contributed by atoms with Gasteiger partial charge in [0.15, 0.2) is 17.2 Å². The van der Waals surface area contributed by atoms with E-state index in [9.17, 15) is 9.90 Å². The molecule has 0 saturated carbocycles. The Labute approximate surface area is 129 Å². The predicted molar refractivity (Wildman–Crippen MR) is 80.6 cm³/mol. The van der Waals surface area contributed by atoms with Crippen LogP contribution < -0.4 is 10.2 Å². The van der Waals surface area contributed by atoms with Crippen molar-refractivity contribution < 1.29 is 14.6 Å². The number of hydrazone groups is 1. The number of nitrogens with one attached hydrogen (secondary N) is 1. The topological polar surface area (TPSA) is 88.7 Å². The average Bonchev–Trinajstić information content (AvgIpc) is 2.79. The van der Waals surface area contributed by atoms with E-state index in [1.165, 1.54) is 18.0 Å². The van der Waals surface area contributed by atoms with Gasteiger partial charge in [-0.3, -0.25) is 9.48 Å². The molecule has 0 spiro atoms. The van der Waals surface area contributed by atoms with E-state index in [-0.39, 0.29) is 11.4 Å². The van der Waals surface area contributed by atoms with Crippen LogP contribution in [0.1, 0.15) is 16.1 Å². The average molecular weight is 353 g/mol. The van der Waals surface area contributed by atoms with Crippen molar-refractivity contribution in [3.05, 3.63) is 40.1 Å². The summed E-state index contributed by atoms with van der Waals surface area (Å²) in [5.41, 5.74) is 2.99. The summed E-state index contributed by atoms with van der Waals surface area (Å²) in [5.74, 6) is -0.170. The number of methoxy groups -OCH3 is 1. The third kappa shape index (κ3) is 3.40. The summed E-state index contributed by atoms with van der Waals surface area (Å²) in [6, 6.07) is 4.97. The molecule has 8 heteroatoms. The molecule has 2 rings (SSSR count). The number of amides is 1. The Bertz CT molecular complexity index is 697. The number of rotatable bonds is 4. The number of aromatic nitrogens is 2. The highest BCUT2D eigenvalue weighted by Crippen LogP contribution is 2.27. The van der Waals surface area contributed by atoms with Gasteiger partial charge in [-0.15, -0.1) is 0 Å². The Morgan fingerprint density at radius 2 is 2.33 bits per heavy atom. The second-order valence-corrected chi connectivity index (χ2v) is 4.95. The zero-order chi connectivity index (χ0) is 15.4. The van der Waals surface area contributed by atoms with Crippen LogP contribution in [0.4, 0.5) is 0 Å². The van der Waals surface area contributed by atoms with Crippen LogP contribution in [0.15, 0.2) is 34.0 Å². The largest absolute Gasteiger partial charge is 0.504 e. The van der Waals surface area contributed by atoms with E-state index in [2.05, 4.69) is 31.6 Å². The van der Waals surface area contributed by atoms with Crippen molar-refractivity contribution in [2.75, 3.05) is 7.11 Å². The van der Waals surface area contributed by atoms with E-state index in [0.717, 1.165) is 0 Å². The summed E-state index contributed by atoms with van der Waals surface area (Å²) in [7, 11) is 3.16. The van der Waals surface area contributed by atoms with Gasteiger partial charge in [0.1, 0.15) is 0 Å². The summed E-state index contributed by atoms with van der Waals surface area (Å²) >= 11 is 3.23. The van der Waals surface area contributed by atoms with Crippen molar-refractivity contribution in [3.8, 4) is 11.5 Å². The lowest BCUT2D eigenvalue weighted by Gasteiger charge is -2.04. The fraction of sp³-hybridized carbons (Fsp3) is 0.154. The third-order valence-corrected chi connectivity index (χ3v) is 3.20. The normalized spacial score (nSPS) is 10.8. The minimum atomic E-state index is -0.457. The highest BCUT2D eigenvalue weighted by atomic mass is 79.9. The molecule has 0 atom stereocenters. The van der Waals surface area contributed by atoms with Crippen molar-refractivity contribution in [1.29, 1.82) is 0 Å². The maximum atomic E-state index is 11.9. The molecule has 1 amide bonds. The van der Waals surface area contributed by atoms with Gasteiger partial charge in [-0.2, -0.15) is 10.2 Å². The number of hydrogen-bond donors (Lipinski definition) is 2. The van der Waals surface area contributed by atoms with Gasteiger partial charge in [0.25, 0.3) is 5.91 Å². The minimum absolute atomic E-state index is 0.0444. The number of carbonyl (C=O) groups excluding carboxylic acids is 1. The number of carbonyl (C=O) groups is 1. The van der Waals surface area contributed by atoms with Crippen LogP contribution in [0.2, 0.25) is 0 Å². The molecule has 21 heavy (non-hydrogen) atoms. The Morgan fingerprint density at radius 1 is 1.57 bits per heavy atom. The smallest absolute Gasteiger partial charge is 0.293 e. The number of halogens is 1. The first-order valence-corrected chi connectivity index (χ1v) is 6.70. The zero-order valence-corrected chi connectivity index (χ0v) is 13.0. The quantitative estimate of drug-likeness (QED) is 0.646. The Kier molecular flexibility index (Phi) is 4.59. The number of hydrogen-bond acceptors (Lipinski definition) is 5. The number of aryl methyl sites for hydroxylation is 1. The molecule has 0 aliphatic carbocycles. The molecular weight excluding hydrogens is 340 g/mol. The Balaban J connectivity index is 2.09. The highest BCUT2D eigenvalue weighted by Gasteiger charge is 2.13. The fourth-order valence-electron chi connectivity index (χ4n) is 1.64. The lowest BCUT2D eigenvalue weighted by molar-refractivity contribution is 0.0948. The van der Waals surface area contributed by atoms with Crippen molar-refractivity contribution >= 4 is 28.1 Å². The lowest BCUT2D eigenvalue weighted by Crippen LogP contribution is -2.19. The second kappa shape index (κ2) is 6.40. The van der Waals surface area contributed by atoms with Crippen molar-refractivity contribution in [2.24, 2.45) is 12.1 Å². The van der Waals surface area contributed by atoms with Gasteiger partial charge < -0.3 is 9.84 Å². The predicted octanol–water partition coefficient (Wildman–Crippen LogP) is 1.66. The summed E-state index contributed by atoms with van der Waals surface area (Å²) in [6.07, 6.45) is 2.99. The second-order valence-electron chi connectivity index (χ2n) is 4.10.